The fourth-order valence-electron chi connectivity index (χ4n) is 2.29. The molecule has 88 valence electrons. The summed E-state index contributed by atoms with van der Waals surface area (Å²) in [5.74, 6) is 1.00. The zero-order valence-electron chi connectivity index (χ0n) is 10.4. The molecule has 0 N–H and O–H groups in total. The van der Waals surface area contributed by atoms with Gasteiger partial charge in [0.1, 0.15) is 5.75 Å². The van der Waals surface area contributed by atoms with E-state index in [9.17, 15) is 0 Å². The number of rotatable bonds is 3. The molecule has 1 saturated heterocycles. The first kappa shape index (κ1) is 11.5. The lowest BCUT2D eigenvalue weighted by Crippen LogP contribution is -2.02. The van der Waals surface area contributed by atoms with Crippen LogP contribution in [0.5, 0.6) is 5.75 Å². The van der Waals surface area contributed by atoms with E-state index in [1.807, 2.05) is 6.92 Å². The average Bonchev–Trinajstić information content (AvgIpc) is 2.76. The quantitative estimate of drug-likeness (QED) is 0.775. The summed E-state index contributed by atoms with van der Waals surface area (Å²) >= 11 is 0. The second kappa shape index (κ2) is 4.88. The number of benzene rings is 1. The average molecular weight is 220 g/mol. The smallest absolute Gasteiger partial charge is 0.122 e. The summed E-state index contributed by atoms with van der Waals surface area (Å²) in [4.78, 5) is 0. The third-order valence-electron chi connectivity index (χ3n) is 3.14. The van der Waals surface area contributed by atoms with Crippen LogP contribution in [0.25, 0.3) is 0 Å². The lowest BCUT2D eigenvalue weighted by atomic mass is 9.98. The van der Waals surface area contributed by atoms with Gasteiger partial charge in [-0.3, -0.25) is 0 Å². The molecule has 16 heavy (non-hydrogen) atoms. The zero-order valence-corrected chi connectivity index (χ0v) is 10.4. The summed E-state index contributed by atoms with van der Waals surface area (Å²) in [6.07, 6.45) is 2.62. The van der Waals surface area contributed by atoms with E-state index in [-0.39, 0.29) is 0 Å². The van der Waals surface area contributed by atoms with Gasteiger partial charge in [0, 0.05) is 6.61 Å². The van der Waals surface area contributed by atoms with Gasteiger partial charge in [-0.15, -0.1) is 0 Å². The number of hydrogen-bond acceptors (Lipinski definition) is 2. The highest BCUT2D eigenvalue weighted by atomic mass is 16.5. The molecule has 1 aliphatic rings. The number of ether oxygens (including phenoxy) is 2. The molecule has 1 heterocycles. The molecule has 1 atom stereocenters. The normalized spacial score (nSPS) is 20.1. The highest BCUT2D eigenvalue weighted by Gasteiger charge is 2.20. The van der Waals surface area contributed by atoms with Crippen molar-refractivity contribution in [2.75, 3.05) is 13.2 Å². The van der Waals surface area contributed by atoms with Crippen molar-refractivity contribution < 1.29 is 9.47 Å². The summed E-state index contributed by atoms with van der Waals surface area (Å²) < 4.78 is 11.3. The summed E-state index contributed by atoms with van der Waals surface area (Å²) in [5, 5.41) is 0. The van der Waals surface area contributed by atoms with E-state index in [1.54, 1.807) is 0 Å². The second-order valence-electron chi connectivity index (χ2n) is 4.41. The van der Waals surface area contributed by atoms with Crippen LogP contribution in [-0.2, 0) is 4.74 Å². The fraction of sp³-hybridized carbons (Fsp3) is 0.571. The van der Waals surface area contributed by atoms with Gasteiger partial charge in [-0.2, -0.15) is 0 Å². The molecule has 1 aromatic rings. The van der Waals surface area contributed by atoms with Gasteiger partial charge in [-0.25, -0.2) is 0 Å². The van der Waals surface area contributed by atoms with Gasteiger partial charge in [0.05, 0.1) is 12.7 Å². The van der Waals surface area contributed by atoms with Gasteiger partial charge >= 0.3 is 0 Å². The minimum absolute atomic E-state index is 0.300. The Morgan fingerprint density at radius 3 is 2.75 bits per heavy atom. The molecule has 1 aliphatic heterocycles. The van der Waals surface area contributed by atoms with Crippen LogP contribution in [0, 0.1) is 13.8 Å². The summed E-state index contributed by atoms with van der Waals surface area (Å²) in [6, 6.07) is 4.35. The molecule has 0 bridgehead atoms. The summed E-state index contributed by atoms with van der Waals surface area (Å²) in [6.45, 7) is 7.88. The highest BCUT2D eigenvalue weighted by Crippen LogP contribution is 2.34. The monoisotopic (exact) mass is 220 g/mol. The van der Waals surface area contributed by atoms with Gasteiger partial charge in [0.15, 0.2) is 0 Å². The van der Waals surface area contributed by atoms with Gasteiger partial charge in [-0.1, -0.05) is 0 Å². The first-order chi connectivity index (χ1) is 7.72. The van der Waals surface area contributed by atoms with Gasteiger partial charge in [0.25, 0.3) is 0 Å². The SMILES string of the molecule is CCOc1cc(C)c(C2CCCO2)cc1C. The lowest BCUT2D eigenvalue weighted by Gasteiger charge is -2.16. The molecule has 2 rings (SSSR count). The van der Waals surface area contributed by atoms with Crippen LogP contribution < -0.4 is 4.74 Å². The molecule has 0 amide bonds. The number of aryl methyl sites for hydroxylation is 2. The zero-order chi connectivity index (χ0) is 11.5. The Bertz CT molecular complexity index is 365. The van der Waals surface area contributed by atoms with Crippen LogP contribution in [0.3, 0.4) is 0 Å². The molecule has 0 spiro atoms. The first-order valence-corrected chi connectivity index (χ1v) is 6.08. The standard InChI is InChI=1S/C14H20O2/c1-4-15-14-9-10(2)12(8-11(14)3)13-6-5-7-16-13/h8-9,13H,4-7H2,1-3H3. The Kier molecular flexibility index (Phi) is 3.49. The van der Waals surface area contributed by atoms with E-state index in [2.05, 4.69) is 26.0 Å². The fourth-order valence-corrected chi connectivity index (χ4v) is 2.29. The maximum absolute atomic E-state index is 5.73. The molecular formula is C14H20O2. The Hall–Kier alpha value is -1.02. The molecule has 1 fully saturated rings. The van der Waals surface area contributed by atoms with Gasteiger partial charge in [0.2, 0.25) is 0 Å². The van der Waals surface area contributed by atoms with Crippen molar-refractivity contribution in [2.45, 2.75) is 39.7 Å². The third kappa shape index (κ3) is 2.22. The summed E-state index contributed by atoms with van der Waals surface area (Å²) in [7, 11) is 0. The predicted molar refractivity (Wildman–Crippen MR) is 65.0 cm³/mol. The third-order valence-corrected chi connectivity index (χ3v) is 3.14. The maximum Gasteiger partial charge on any atom is 0.122 e. The van der Waals surface area contributed by atoms with Crippen molar-refractivity contribution >= 4 is 0 Å². The van der Waals surface area contributed by atoms with Crippen LogP contribution in [0.1, 0.15) is 42.6 Å². The molecule has 2 heteroatoms. The molecule has 1 aromatic carbocycles. The minimum atomic E-state index is 0.300. The van der Waals surface area contributed by atoms with E-state index in [4.69, 9.17) is 9.47 Å². The van der Waals surface area contributed by atoms with Crippen LogP contribution >= 0.6 is 0 Å². The second-order valence-corrected chi connectivity index (χ2v) is 4.41. The lowest BCUT2D eigenvalue weighted by molar-refractivity contribution is 0.111. The van der Waals surface area contributed by atoms with Crippen LogP contribution in [0.4, 0.5) is 0 Å². The van der Waals surface area contributed by atoms with E-state index in [0.29, 0.717) is 6.10 Å². The van der Waals surface area contributed by atoms with Crippen molar-refractivity contribution in [1.82, 2.24) is 0 Å². The number of hydrogen-bond donors (Lipinski definition) is 0. The predicted octanol–water partition coefficient (Wildman–Crippen LogP) is 3.55. The topological polar surface area (TPSA) is 18.5 Å². The van der Waals surface area contributed by atoms with Crippen molar-refractivity contribution in [3.05, 3.63) is 28.8 Å². The minimum Gasteiger partial charge on any atom is -0.494 e. The van der Waals surface area contributed by atoms with E-state index >= 15 is 0 Å². The largest absolute Gasteiger partial charge is 0.494 e. The van der Waals surface area contributed by atoms with Gasteiger partial charge < -0.3 is 9.47 Å². The van der Waals surface area contributed by atoms with E-state index in [1.165, 1.54) is 23.1 Å². The van der Waals surface area contributed by atoms with Crippen molar-refractivity contribution in [1.29, 1.82) is 0 Å². The van der Waals surface area contributed by atoms with Crippen LogP contribution in [0.15, 0.2) is 12.1 Å². The Balaban J connectivity index is 2.29. The Labute approximate surface area is 97.6 Å². The molecule has 0 saturated carbocycles. The van der Waals surface area contributed by atoms with Crippen molar-refractivity contribution in [3.8, 4) is 5.75 Å². The Morgan fingerprint density at radius 1 is 1.31 bits per heavy atom. The van der Waals surface area contributed by atoms with E-state index in [0.717, 1.165) is 25.4 Å². The van der Waals surface area contributed by atoms with Gasteiger partial charge in [-0.05, 0) is 62.4 Å². The molecule has 0 aromatic heterocycles. The van der Waals surface area contributed by atoms with E-state index < -0.39 is 0 Å². The molecule has 0 radical (unpaired) electrons. The maximum atomic E-state index is 5.73. The molecular weight excluding hydrogens is 200 g/mol. The molecule has 0 aliphatic carbocycles. The van der Waals surface area contributed by atoms with Crippen LogP contribution in [-0.4, -0.2) is 13.2 Å². The molecule has 1 unspecified atom stereocenters. The van der Waals surface area contributed by atoms with Crippen molar-refractivity contribution in [2.24, 2.45) is 0 Å². The Morgan fingerprint density at radius 2 is 2.12 bits per heavy atom. The summed E-state index contributed by atoms with van der Waals surface area (Å²) in [5.41, 5.74) is 3.82. The van der Waals surface area contributed by atoms with Crippen molar-refractivity contribution in [3.63, 3.8) is 0 Å². The molecule has 2 nitrogen and oxygen atoms in total. The van der Waals surface area contributed by atoms with Crippen LogP contribution in [0.2, 0.25) is 0 Å². The first-order valence-electron chi connectivity index (χ1n) is 6.08. The highest BCUT2D eigenvalue weighted by molar-refractivity contribution is 5.42.